The normalized spacial score (nSPS) is 20.5. The van der Waals surface area contributed by atoms with Crippen LogP contribution in [0, 0.1) is 0 Å². The van der Waals surface area contributed by atoms with Gasteiger partial charge < -0.3 is 15.2 Å². The third-order valence-corrected chi connectivity index (χ3v) is 2.90. The molecule has 0 radical (unpaired) electrons. The molecule has 2 N–H and O–H groups in total. The first-order valence-corrected chi connectivity index (χ1v) is 5.94. The zero-order valence-electron chi connectivity index (χ0n) is 9.69. The summed E-state index contributed by atoms with van der Waals surface area (Å²) >= 11 is 0. The predicted octanol–water partition coefficient (Wildman–Crippen LogP) is 1.23. The Hall–Kier alpha value is -1.55. The van der Waals surface area contributed by atoms with Gasteiger partial charge in [-0.25, -0.2) is 0 Å². The lowest BCUT2D eigenvalue weighted by Crippen LogP contribution is -2.36. The molecule has 92 valence electrons. The molecule has 1 saturated heterocycles. The van der Waals surface area contributed by atoms with Gasteiger partial charge in [-0.05, 0) is 25.3 Å². The minimum absolute atomic E-state index is 0.0600. The van der Waals surface area contributed by atoms with Gasteiger partial charge in [-0.3, -0.25) is 4.79 Å². The summed E-state index contributed by atoms with van der Waals surface area (Å²) in [7, 11) is 0. The van der Waals surface area contributed by atoms with Crippen LogP contribution in [0.3, 0.4) is 0 Å². The minimum Gasteiger partial charge on any atom is -0.480 e. The molecule has 1 fully saturated rings. The van der Waals surface area contributed by atoms with E-state index in [-0.39, 0.29) is 12.5 Å². The van der Waals surface area contributed by atoms with Gasteiger partial charge in [-0.15, -0.1) is 0 Å². The molecular formula is C13H17NO3. The first kappa shape index (κ1) is 11.9. The molecule has 0 bridgehead atoms. The highest BCUT2D eigenvalue weighted by molar-refractivity contribution is 5.81. The van der Waals surface area contributed by atoms with E-state index in [0.29, 0.717) is 11.3 Å². The lowest BCUT2D eigenvalue weighted by atomic mass is 10.1. The molecule has 4 heteroatoms. The Morgan fingerprint density at radius 1 is 1.35 bits per heavy atom. The summed E-state index contributed by atoms with van der Waals surface area (Å²) in [6.45, 7) is 0.644. The summed E-state index contributed by atoms with van der Waals surface area (Å²) < 4.78 is 5.70. The Labute approximate surface area is 101 Å². The molecule has 17 heavy (non-hydrogen) atoms. The van der Waals surface area contributed by atoms with Crippen LogP contribution in [0.1, 0.15) is 24.8 Å². The van der Waals surface area contributed by atoms with Gasteiger partial charge in [0.25, 0.3) is 5.91 Å². The molecule has 1 atom stereocenters. The second-order valence-corrected chi connectivity index (χ2v) is 4.16. The molecule has 1 aromatic rings. The highest BCUT2D eigenvalue weighted by Crippen LogP contribution is 2.21. The largest absolute Gasteiger partial charge is 0.480 e. The molecule has 1 amide bonds. The van der Waals surface area contributed by atoms with Crippen LogP contribution in [-0.4, -0.2) is 23.7 Å². The van der Waals surface area contributed by atoms with Crippen molar-refractivity contribution in [3.63, 3.8) is 0 Å². The van der Waals surface area contributed by atoms with Crippen LogP contribution in [0.2, 0.25) is 0 Å². The summed E-state index contributed by atoms with van der Waals surface area (Å²) in [6, 6.07) is 7.25. The van der Waals surface area contributed by atoms with Gasteiger partial charge in [0, 0.05) is 12.1 Å². The van der Waals surface area contributed by atoms with E-state index in [2.05, 4.69) is 5.32 Å². The number of carbonyl (C=O) groups excluding carboxylic acids is 1. The number of amides is 1. The molecule has 0 saturated carbocycles. The Morgan fingerprint density at radius 2 is 2.18 bits per heavy atom. The lowest BCUT2D eigenvalue weighted by Gasteiger charge is -2.17. The average molecular weight is 235 g/mol. The molecule has 1 aromatic carbocycles. The van der Waals surface area contributed by atoms with Crippen molar-refractivity contribution >= 4 is 5.91 Å². The number of rotatable bonds is 3. The molecule has 1 aliphatic rings. The average Bonchev–Trinajstić information content (AvgIpc) is 2.56. The van der Waals surface area contributed by atoms with E-state index in [1.54, 1.807) is 12.1 Å². The van der Waals surface area contributed by atoms with E-state index in [4.69, 9.17) is 4.74 Å². The van der Waals surface area contributed by atoms with Crippen molar-refractivity contribution in [2.45, 2.75) is 32.0 Å². The fraction of sp³-hybridized carbons (Fsp3) is 0.462. The number of aliphatic hydroxyl groups excluding tert-OH is 1. The molecule has 0 spiro atoms. The number of nitrogens with one attached hydrogen (secondary N) is 1. The Kier molecular flexibility index (Phi) is 3.98. The van der Waals surface area contributed by atoms with Crippen molar-refractivity contribution in [2.75, 3.05) is 6.54 Å². The fourth-order valence-corrected chi connectivity index (χ4v) is 1.93. The number of benzene rings is 1. The standard InChI is InChI=1S/C13H17NO3/c15-9-10-5-1-2-6-11(10)17-12-7-3-4-8-14-13(12)16/h1-2,5-6,12,15H,3-4,7-9H2,(H,14,16). The summed E-state index contributed by atoms with van der Waals surface area (Å²) in [5.41, 5.74) is 0.713. The molecule has 0 aliphatic carbocycles. The Bertz CT molecular complexity index is 392. The smallest absolute Gasteiger partial charge is 0.261 e. The molecular weight excluding hydrogens is 218 g/mol. The van der Waals surface area contributed by atoms with E-state index in [1.165, 1.54) is 0 Å². The monoisotopic (exact) mass is 235 g/mol. The number of aliphatic hydroxyl groups is 1. The zero-order valence-corrected chi connectivity index (χ0v) is 9.69. The summed E-state index contributed by atoms with van der Waals surface area (Å²) in [4.78, 5) is 11.7. The molecule has 1 unspecified atom stereocenters. The van der Waals surface area contributed by atoms with Crippen LogP contribution in [0.15, 0.2) is 24.3 Å². The maximum atomic E-state index is 11.7. The van der Waals surface area contributed by atoms with Gasteiger partial charge in [0.05, 0.1) is 6.61 Å². The number of para-hydroxylation sites is 1. The van der Waals surface area contributed by atoms with Crippen LogP contribution >= 0.6 is 0 Å². The minimum atomic E-state index is -0.440. The Balaban J connectivity index is 2.10. The highest BCUT2D eigenvalue weighted by atomic mass is 16.5. The zero-order chi connectivity index (χ0) is 12.1. The number of carbonyl (C=O) groups is 1. The van der Waals surface area contributed by atoms with E-state index >= 15 is 0 Å². The second-order valence-electron chi connectivity index (χ2n) is 4.16. The molecule has 2 rings (SSSR count). The number of hydrogen-bond donors (Lipinski definition) is 2. The van der Waals surface area contributed by atoms with Crippen LogP contribution in [0.5, 0.6) is 5.75 Å². The Morgan fingerprint density at radius 3 is 3.00 bits per heavy atom. The maximum Gasteiger partial charge on any atom is 0.261 e. The van der Waals surface area contributed by atoms with Crippen molar-refractivity contribution in [3.05, 3.63) is 29.8 Å². The van der Waals surface area contributed by atoms with Crippen molar-refractivity contribution in [3.8, 4) is 5.75 Å². The lowest BCUT2D eigenvalue weighted by molar-refractivity contribution is -0.127. The first-order valence-electron chi connectivity index (χ1n) is 5.94. The second kappa shape index (κ2) is 5.68. The van der Waals surface area contributed by atoms with Crippen LogP contribution in [-0.2, 0) is 11.4 Å². The van der Waals surface area contributed by atoms with Crippen molar-refractivity contribution in [1.82, 2.24) is 5.32 Å². The third kappa shape index (κ3) is 2.97. The van der Waals surface area contributed by atoms with Gasteiger partial charge in [-0.1, -0.05) is 18.2 Å². The van der Waals surface area contributed by atoms with E-state index in [9.17, 15) is 9.90 Å². The van der Waals surface area contributed by atoms with Gasteiger partial charge in [-0.2, -0.15) is 0 Å². The van der Waals surface area contributed by atoms with Gasteiger partial charge in [0.1, 0.15) is 5.75 Å². The fourth-order valence-electron chi connectivity index (χ4n) is 1.93. The summed E-state index contributed by atoms with van der Waals surface area (Å²) in [6.07, 6.45) is 2.26. The number of hydrogen-bond acceptors (Lipinski definition) is 3. The van der Waals surface area contributed by atoms with Crippen LogP contribution < -0.4 is 10.1 Å². The first-order chi connectivity index (χ1) is 8.31. The van der Waals surface area contributed by atoms with Gasteiger partial charge in [0.15, 0.2) is 6.10 Å². The highest BCUT2D eigenvalue weighted by Gasteiger charge is 2.22. The van der Waals surface area contributed by atoms with Crippen molar-refractivity contribution in [1.29, 1.82) is 0 Å². The summed E-state index contributed by atoms with van der Waals surface area (Å²) in [5.74, 6) is 0.535. The molecule has 0 aromatic heterocycles. The van der Waals surface area contributed by atoms with E-state index in [0.717, 1.165) is 25.8 Å². The van der Waals surface area contributed by atoms with Crippen molar-refractivity contribution < 1.29 is 14.6 Å². The van der Waals surface area contributed by atoms with Crippen LogP contribution in [0.25, 0.3) is 0 Å². The molecule has 1 aliphatic heterocycles. The number of ether oxygens (including phenoxy) is 1. The maximum absolute atomic E-state index is 11.7. The van der Waals surface area contributed by atoms with Crippen LogP contribution in [0.4, 0.5) is 0 Å². The van der Waals surface area contributed by atoms with Gasteiger partial charge in [0.2, 0.25) is 0 Å². The topological polar surface area (TPSA) is 58.6 Å². The van der Waals surface area contributed by atoms with Crippen molar-refractivity contribution in [2.24, 2.45) is 0 Å². The predicted molar refractivity (Wildman–Crippen MR) is 63.6 cm³/mol. The third-order valence-electron chi connectivity index (χ3n) is 2.90. The van der Waals surface area contributed by atoms with E-state index in [1.807, 2.05) is 12.1 Å². The molecule has 4 nitrogen and oxygen atoms in total. The summed E-state index contributed by atoms with van der Waals surface area (Å²) in [5, 5.41) is 12.0. The van der Waals surface area contributed by atoms with E-state index < -0.39 is 6.10 Å². The SMILES string of the molecule is O=C1NCCCCC1Oc1ccccc1CO. The van der Waals surface area contributed by atoms with Gasteiger partial charge >= 0.3 is 0 Å². The molecule has 1 heterocycles. The quantitative estimate of drug-likeness (QED) is 0.828.